The number of halogens is 2. The maximum atomic E-state index is 13.5. The van der Waals surface area contributed by atoms with Gasteiger partial charge in [-0.3, -0.25) is 14.4 Å². The SMILES string of the molecule is Cc1ccc(-c2ccc(C=C(NC(=O)c3ccccc3)C(=O)Nc3ccc(SC(C)C(=O)Nc4ccc(Cl)cc4Cl)cc3)o2)cc1. The van der Waals surface area contributed by atoms with Crippen molar-refractivity contribution in [3.8, 4) is 11.3 Å². The van der Waals surface area contributed by atoms with E-state index in [1.54, 1.807) is 85.8 Å². The van der Waals surface area contributed by atoms with Crippen LogP contribution in [0.1, 0.15) is 28.6 Å². The van der Waals surface area contributed by atoms with Crippen LogP contribution in [0, 0.1) is 6.92 Å². The maximum absolute atomic E-state index is 13.5. The van der Waals surface area contributed by atoms with E-state index >= 15 is 0 Å². The molecule has 3 amide bonds. The number of nitrogens with one attached hydrogen (secondary N) is 3. The summed E-state index contributed by atoms with van der Waals surface area (Å²) in [4.78, 5) is 40.0. The molecule has 0 aliphatic heterocycles. The predicted molar refractivity (Wildman–Crippen MR) is 186 cm³/mol. The molecule has 10 heteroatoms. The summed E-state index contributed by atoms with van der Waals surface area (Å²) in [6.07, 6.45) is 1.49. The van der Waals surface area contributed by atoms with Crippen LogP contribution in [0.3, 0.4) is 0 Å². The van der Waals surface area contributed by atoms with Crippen molar-refractivity contribution in [1.82, 2.24) is 5.32 Å². The Morgan fingerprint density at radius 2 is 1.54 bits per heavy atom. The van der Waals surface area contributed by atoms with Crippen LogP contribution in [-0.4, -0.2) is 23.0 Å². The van der Waals surface area contributed by atoms with Crippen molar-refractivity contribution in [3.63, 3.8) is 0 Å². The fourth-order valence-corrected chi connectivity index (χ4v) is 5.61. The van der Waals surface area contributed by atoms with Gasteiger partial charge in [0, 0.05) is 32.8 Å². The number of carbonyl (C=O) groups is 3. The largest absolute Gasteiger partial charge is 0.457 e. The molecule has 0 aliphatic rings. The molecule has 5 rings (SSSR count). The highest BCUT2D eigenvalue weighted by Gasteiger charge is 2.18. The van der Waals surface area contributed by atoms with Crippen molar-refractivity contribution in [2.75, 3.05) is 10.6 Å². The fourth-order valence-electron chi connectivity index (χ4n) is 4.29. The average molecular weight is 671 g/mol. The molecule has 0 saturated carbocycles. The monoisotopic (exact) mass is 669 g/mol. The molecule has 0 fully saturated rings. The number of rotatable bonds is 10. The molecule has 0 spiro atoms. The van der Waals surface area contributed by atoms with Crippen LogP contribution in [-0.2, 0) is 9.59 Å². The first-order valence-corrected chi connectivity index (χ1v) is 15.9. The Labute approximate surface area is 281 Å². The summed E-state index contributed by atoms with van der Waals surface area (Å²) in [6.45, 7) is 3.79. The Kier molecular flexibility index (Phi) is 10.6. The summed E-state index contributed by atoms with van der Waals surface area (Å²) in [5, 5.41) is 8.76. The van der Waals surface area contributed by atoms with Crippen LogP contribution < -0.4 is 16.0 Å². The highest BCUT2D eigenvalue weighted by molar-refractivity contribution is 8.00. The van der Waals surface area contributed by atoms with E-state index in [0.717, 1.165) is 16.0 Å². The van der Waals surface area contributed by atoms with Gasteiger partial charge in [0.2, 0.25) is 5.91 Å². The second-order valence-corrected chi connectivity index (χ2v) is 12.6. The van der Waals surface area contributed by atoms with Crippen molar-refractivity contribution >= 4 is 70.1 Å². The molecule has 1 heterocycles. The van der Waals surface area contributed by atoms with Gasteiger partial charge >= 0.3 is 0 Å². The Bertz CT molecular complexity index is 1890. The lowest BCUT2D eigenvalue weighted by molar-refractivity contribution is -0.115. The highest BCUT2D eigenvalue weighted by atomic mass is 35.5. The van der Waals surface area contributed by atoms with Gasteiger partial charge in [-0.25, -0.2) is 0 Å². The molecule has 1 atom stereocenters. The number of hydrogen-bond acceptors (Lipinski definition) is 5. The summed E-state index contributed by atoms with van der Waals surface area (Å²) in [5.41, 5.74) is 3.40. The standard InChI is InChI=1S/C36H29Cl2N3O4S/c1-22-8-10-24(11-9-22)33-19-15-28(45-33)21-32(41-35(43)25-6-4-3-5-7-25)36(44)39-27-13-16-29(17-14-27)46-23(2)34(42)40-31-18-12-26(37)20-30(31)38/h3-21,23H,1-2H3,(H,39,44)(H,40,42)(H,41,43). The van der Waals surface area contributed by atoms with Gasteiger partial charge in [-0.05, 0) is 80.6 Å². The molecule has 0 saturated heterocycles. The molecule has 7 nitrogen and oxygen atoms in total. The summed E-state index contributed by atoms with van der Waals surface area (Å²) in [5.74, 6) is -0.170. The van der Waals surface area contributed by atoms with Gasteiger partial charge in [0.15, 0.2) is 0 Å². The minimum atomic E-state index is -0.537. The van der Waals surface area contributed by atoms with Crippen LogP contribution in [0.25, 0.3) is 17.4 Å². The maximum Gasteiger partial charge on any atom is 0.272 e. The molecule has 46 heavy (non-hydrogen) atoms. The van der Waals surface area contributed by atoms with E-state index in [-0.39, 0.29) is 11.6 Å². The van der Waals surface area contributed by atoms with Crippen LogP contribution >= 0.6 is 35.0 Å². The van der Waals surface area contributed by atoms with E-state index in [9.17, 15) is 14.4 Å². The Balaban J connectivity index is 1.28. The lowest BCUT2D eigenvalue weighted by Gasteiger charge is -2.14. The first-order valence-electron chi connectivity index (χ1n) is 14.2. The lowest BCUT2D eigenvalue weighted by atomic mass is 10.1. The van der Waals surface area contributed by atoms with Crippen molar-refractivity contribution in [1.29, 1.82) is 0 Å². The van der Waals surface area contributed by atoms with E-state index in [1.807, 2.05) is 37.3 Å². The van der Waals surface area contributed by atoms with E-state index < -0.39 is 17.1 Å². The molecule has 0 bridgehead atoms. The molecule has 0 aliphatic carbocycles. The second-order valence-electron chi connectivity index (χ2n) is 10.3. The second kappa shape index (κ2) is 15.0. The molecular weight excluding hydrogens is 641 g/mol. The minimum Gasteiger partial charge on any atom is -0.457 e. The number of thioether (sulfide) groups is 1. The van der Waals surface area contributed by atoms with Crippen LogP contribution in [0.15, 0.2) is 124 Å². The highest BCUT2D eigenvalue weighted by Crippen LogP contribution is 2.29. The number of benzene rings is 4. The van der Waals surface area contributed by atoms with Crippen molar-refractivity contribution in [2.45, 2.75) is 24.0 Å². The van der Waals surface area contributed by atoms with Crippen molar-refractivity contribution < 1.29 is 18.8 Å². The topological polar surface area (TPSA) is 100 Å². The van der Waals surface area contributed by atoms with Gasteiger partial charge in [-0.1, -0.05) is 71.2 Å². The summed E-state index contributed by atoms with van der Waals surface area (Å²) in [6, 6.07) is 32.0. The van der Waals surface area contributed by atoms with E-state index in [1.165, 1.54) is 17.8 Å². The number of aryl methyl sites for hydroxylation is 1. The number of anilines is 2. The quantitative estimate of drug-likeness (QED) is 0.102. The third-order valence-electron chi connectivity index (χ3n) is 6.76. The normalized spacial score (nSPS) is 11.9. The molecule has 5 aromatic rings. The van der Waals surface area contributed by atoms with Crippen molar-refractivity contribution in [2.24, 2.45) is 0 Å². The van der Waals surface area contributed by atoms with Crippen LogP contribution in [0.4, 0.5) is 11.4 Å². The molecule has 1 aromatic heterocycles. The Morgan fingerprint density at radius 1 is 0.826 bits per heavy atom. The number of hydrogen-bond donors (Lipinski definition) is 3. The third kappa shape index (κ3) is 8.69. The van der Waals surface area contributed by atoms with Gasteiger partial charge < -0.3 is 20.4 Å². The fraction of sp³-hybridized carbons (Fsp3) is 0.0833. The Hall–Kier alpha value is -4.76. The number of carbonyl (C=O) groups excluding carboxylic acids is 3. The molecule has 1 unspecified atom stereocenters. The van der Waals surface area contributed by atoms with E-state index in [4.69, 9.17) is 27.6 Å². The summed E-state index contributed by atoms with van der Waals surface area (Å²) >= 11 is 13.5. The van der Waals surface area contributed by atoms with E-state index in [2.05, 4.69) is 16.0 Å². The average Bonchev–Trinajstić information content (AvgIpc) is 3.52. The summed E-state index contributed by atoms with van der Waals surface area (Å²) in [7, 11) is 0. The first kappa shape index (κ1) is 32.6. The minimum absolute atomic E-state index is 0.00302. The zero-order chi connectivity index (χ0) is 32.6. The molecule has 0 radical (unpaired) electrons. The number of furan rings is 1. The van der Waals surface area contributed by atoms with Gasteiger partial charge in [-0.15, -0.1) is 11.8 Å². The molecule has 4 aromatic carbocycles. The molecule has 232 valence electrons. The first-order chi connectivity index (χ1) is 22.1. The molecular formula is C36H29Cl2N3O4S. The van der Waals surface area contributed by atoms with Gasteiger partial charge in [0.25, 0.3) is 11.8 Å². The predicted octanol–water partition coefficient (Wildman–Crippen LogP) is 9.09. The number of amides is 3. The van der Waals surface area contributed by atoms with Crippen LogP contribution in [0.5, 0.6) is 0 Å². The smallest absolute Gasteiger partial charge is 0.272 e. The van der Waals surface area contributed by atoms with Gasteiger partial charge in [-0.2, -0.15) is 0 Å². The van der Waals surface area contributed by atoms with Gasteiger partial charge in [0.1, 0.15) is 17.2 Å². The zero-order valence-electron chi connectivity index (χ0n) is 24.8. The van der Waals surface area contributed by atoms with Gasteiger partial charge in [0.05, 0.1) is 16.0 Å². The van der Waals surface area contributed by atoms with E-state index in [0.29, 0.717) is 38.5 Å². The molecule has 3 N–H and O–H groups in total. The Morgan fingerprint density at radius 3 is 2.24 bits per heavy atom. The van der Waals surface area contributed by atoms with Crippen molar-refractivity contribution in [3.05, 3.63) is 142 Å². The third-order valence-corrected chi connectivity index (χ3v) is 8.42. The lowest BCUT2D eigenvalue weighted by Crippen LogP contribution is -2.30. The van der Waals surface area contributed by atoms with Crippen LogP contribution in [0.2, 0.25) is 10.0 Å². The summed E-state index contributed by atoms with van der Waals surface area (Å²) < 4.78 is 5.99. The zero-order valence-corrected chi connectivity index (χ0v) is 27.2.